The average Bonchev–Trinajstić information content (AvgIpc) is 2.92. The van der Waals surface area contributed by atoms with E-state index in [1.807, 2.05) is 0 Å². The van der Waals surface area contributed by atoms with Gasteiger partial charge in [0.05, 0.1) is 27.8 Å². The summed E-state index contributed by atoms with van der Waals surface area (Å²) in [6.07, 6.45) is 0. The molecule has 0 bridgehead atoms. The molecular weight excluding hydrogens is 628 g/mol. The lowest BCUT2D eigenvalue weighted by Gasteiger charge is -2.24. The van der Waals surface area contributed by atoms with Gasteiger partial charge in [0.25, 0.3) is 20.0 Å². The lowest BCUT2D eigenvalue weighted by molar-refractivity contribution is -0.114. The SMILES string of the molecule is CCOc1ccc(N(CC(=O)Nc2ccc(S(=O)(=O)Nc3cc(Cl)cc(Cl)c3)cc2)S(=O)(=O)c2ccc(F)cc2)cc1. The van der Waals surface area contributed by atoms with Crippen LogP contribution in [0.15, 0.2) is 101 Å². The molecule has 0 aromatic heterocycles. The first-order valence-corrected chi connectivity index (χ1v) is 16.0. The van der Waals surface area contributed by atoms with E-state index in [1.54, 1.807) is 19.1 Å². The molecule has 0 saturated carbocycles. The number of benzene rings is 4. The van der Waals surface area contributed by atoms with E-state index in [0.717, 1.165) is 28.6 Å². The van der Waals surface area contributed by atoms with Crippen molar-refractivity contribution in [2.45, 2.75) is 16.7 Å². The Morgan fingerprint density at radius 2 is 1.38 bits per heavy atom. The van der Waals surface area contributed by atoms with Crippen molar-refractivity contribution >= 4 is 66.2 Å². The molecule has 0 atom stereocenters. The van der Waals surface area contributed by atoms with Gasteiger partial charge in [0.15, 0.2) is 0 Å². The van der Waals surface area contributed by atoms with Crippen LogP contribution in [0.25, 0.3) is 0 Å². The second kappa shape index (κ2) is 13.0. The highest BCUT2D eigenvalue weighted by Crippen LogP contribution is 2.27. The van der Waals surface area contributed by atoms with E-state index in [-0.39, 0.29) is 36.9 Å². The maximum absolute atomic E-state index is 13.5. The second-order valence-electron chi connectivity index (χ2n) is 8.73. The van der Waals surface area contributed by atoms with Crippen molar-refractivity contribution in [3.8, 4) is 5.75 Å². The van der Waals surface area contributed by atoms with Crippen molar-refractivity contribution in [1.29, 1.82) is 0 Å². The van der Waals surface area contributed by atoms with Crippen LogP contribution in [0.5, 0.6) is 5.75 Å². The predicted molar refractivity (Wildman–Crippen MR) is 161 cm³/mol. The van der Waals surface area contributed by atoms with Gasteiger partial charge >= 0.3 is 0 Å². The predicted octanol–water partition coefficient (Wildman–Crippen LogP) is 6.17. The molecule has 4 rings (SSSR count). The van der Waals surface area contributed by atoms with E-state index in [0.29, 0.717) is 12.4 Å². The number of hydrogen-bond acceptors (Lipinski definition) is 6. The number of amides is 1. The Bertz CT molecular complexity index is 1770. The summed E-state index contributed by atoms with van der Waals surface area (Å²) in [5.41, 5.74) is 0.559. The van der Waals surface area contributed by atoms with Crippen molar-refractivity contribution in [3.05, 3.63) is 107 Å². The molecule has 4 aromatic carbocycles. The molecule has 0 fully saturated rings. The highest BCUT2D eigenvalue weighted by atomic mass is 35.5. The highest BCUT2D eigenvalue weighted by molar-refractivity contribution is 7.93. The summed E-state index contributed by atoms with van der Waals surface area (Å²) in [6.45, 7) is 1.58. The Balaban J connectivity index is 1.53. The standard InChI is InChI=1S/C28H24Cl2FN3O6S2/c1-2-40-25-9-7-24(8-10-25)34(42(38,39)27-11-3-21(31)4-12-27)18-28(35)32-22-5-13-26(14-6-22)41(36,37)33-23-16-19(29)15-20(30)17-23/h3-17,33H,2,18H2,1H3,(H,32,35). The van der Waals surface area contributed by atoms with Crippen LogP contribution in [0.1, 0.15) is 6.92 Å². The van der Waals surface area contributed by atoms with Crippen molar-refractivity contribution in [1.82, 2.24) is 0 Å². The molecule has 2 N–H and O–H groups in total. The number of carbonyl (C=O) groups excluding carboxylic acids is 1. The Labute approximate surface area is 252 Å². The quantitative estimate of drug-likeness (QED) is 0.200. The fourth-order valence-corrected chi connectivity index (χ4v) is 6.79. The van der Waals surface area contributed by atoms with Gasteiger partial charge in [-0.1, -0.05) is 23.2 Å². The first kappa shape index (κ1) is 31.1. The monoisotopic (exact) mass is 651 g/mol. The fourth-order valence-electron chi connectivity index (χ4n) is 3.80. The third-order valence-corrected chi connectivity index (χ3v) is 9.31. The fraction of sp³-hybridized carbons (Fsp3) is 0.107. The van der Waals surface area contributed by atoms with Gasteiger partial charge in [0, 0.05) is 15.7 Å². The first-order valence-electron chi connectivity index (χ1n) is 12.3. The average molecular weight is 653 g/mol. The van der Waals surface area contributed by atoms with Crippen molar-refractivity contribution in [2.24, 2.45) is 0 Å². The normalized spacial score (nSPS) is 11.5. The van der Waals surface area contributed by atoms with Gasteiger partial charge in [-0.25, -0.2) is 21.2 Å². The van der Waals surface area contributed by atoms with Gasteiger partial charge < -0.3 is 10.1 Å². The molecule has 220 valence electrons. The summed E-state index contributed by atoms with van der Waals surface area (Å²) in [5, 5.41) is 3.07. The molecule has 42 heavy (non-hydrogen) atoms. The van der Waals surface area contributed by atoms with Crippen LogP contribution in [-0.4, -0.2) is 35.9 Å². The summed E-state index contributed by atoms with van der Waals surface area (Å²) < 4.78 is 74.7. The van der Waals surface area contributed by atoms with Crippen LogP contribution >= 0.6 is 23.2 Å². The van der Waals surface area contributed by atoms with Crippen LogP contribution in [0.4, 0.5) is 21.5 Å². The molecule has 4 aromatic rings. The molecular formula is C28H24Cl2FN3O6S2. The minimum atomic E-state index is -4.29. The van der Waals surface area contributed by atoms with Crippen LogP contribution in [0, 0.1) is 5.82 Å². The van der Waals surface area contributed by atoms with Crippen LogP contribution in [0.3, 0.4) is 0 Å². The largest absolute Gasteiger partial charge is 0.494 e. The van der Waals surface area contributed by atoms with Gasteiger partial charge in [0.2, 0.25) is 5.91 Å². The van der Waals surface area contributed by atoms with Crippen molar-refractivity contribution in [3.63, 3.8) is 0 Å². The lowest BCUT2D eigenvalue weighted by atomic mass is 10.3. The van der Waals surface area contributed by atoms with E-state index in [4.69, 9.17) is 27.9 Å². The molecule has 0 aliphatic carbocycles. The maximum atomic E-state index is 13.5. The first-order chi connectivity index (χ1) is 19.9. The highest BCUT2D eigenvalue weighted by Gasteiger charge is 2.27. The Kier molecular flexibility index (Phi) is 9.62. The summed E-state index contributed by atoms with van der Waals surface area (Å²) in [6, 6.07) is 19.8. The summed E-state index contributed by atoms with van der Waals surface area (Å²) in [5.74, 6) is -0.818. The number of halogens is 3. The number of ether oxygens (including phenoxy) is 1. The van der Waals surface area contributed by atoms with E-state index in [1.165, 1.54) is 54.6 Å². The van der Waals surface area contributed by atoms with Crippen molar-refractivity contribution < 1.29 is 30.8 Å². The van der Waals surface area contributed by atoms with Crippen LogP contribution in [0.2, 0.25) is 10.0 Å². The Morgan fingerprint density at radius 1 is 0.810 bits per heavy atom. The number of nitrogens with one attached hydrogen (secondary N) is 2. The lowest BCUT2D eigenvalue weighted by Crippen LogP contribution is -2.38. The third kappa shape index (κ3) is 7.71. The van der Waals surface area contributed by atoms with Crippen LogP contribution in [-0.2, 0) is 24.8 Å². The molecule has 0 radical (unpaired) electrons. The molecule has 9 nitrogen and oxygen atoms in total. The van der Waals surface area contributed by atoms with E-state index < -0.39 is 38.3 Å². The zero-order chi connectivity index (χ0) is 30.5. The molecule has 0 saturated heterocycles. The Morgan fingerprint density at radius 3 is 1.95 bits per heavy atom. The molecule has 0 unspecified atom stereocenters. The summed E-state index contributed by atoms with van der Waals surface area (Å²) in [7, 11) is -8.30. The molecule has 14 heteroatoms. The minimum Gasteiger partial charge on any atom is -0.494 e. The number of anilines is 3. The molecule has 0 heterocycles. The zero-order valence-corrected chi connectivity index (χ0v) is 25.1. The topological polar surface area (TPSA) is 122 Å². The van der Waals surface area contributed by atoms with Gasteiger partial charge in [-0.05, 0) is 97.9 Å². The second-order valence-corrected chi connectivity index (χ2v) is 13.1. The smallest absolute Gasteiger partial charge is 0.264 e. The minimum absolute atomic E-state index is 0.105. The number of hydrogen-bond donors (Lipinski definition) is 2. The maximum Gasteiger partial charge on any atom is 0.264 e. The zero-order valence-electron chi connectivity index (χ0n) is 21.9. The third-order valence-electron chi connectivity index (χ3n) is 5.69. The molecule has 0 aliphatic heterocycles. The molecule has 1 amide bonds. The summed E-state index contributed by atoms with van der Waals surface area (Å²) in [4.78, 5) is 12.7. The van der Waals surface area contributed by atoms with Gasteiger partial charge in [0.1, 0.15) is 18.1 Å². The molecule has 0 aliphatic rings. The van der Waals surface area contributed by atoms with E-state index in [9.17, 15) is 26.0 Å². The number of nitrogens with zero attached hydrogens (tertiary/aromatic N) is 1. The van der Waals surface area contributed by atoms with Gasteiger partial charge in [-0.3, -0.25) is 13.8 Å². The van der Waals surface area contributed by atoms with Crippen LogP contribution < -0.4 is 19.1 Å². The number of sulfonamides is 2. The number of rotatable bonds is 11. The van der Waals surface area contributed by atoms with Crippen molar-refractivity contribution in [2.75, 3.05) is 27.5 Å². The Hall–Kier alpha value is -3.84. The van der Waals surface area contributed by atoms with E-state index in [2.05, 4.69) is 10.0 Å². The molecule has 0 spiro atoms. The van der Waals surface area contributed by atoms with Gasteiger partial charge in [-0.2, -0.15) is 0 Å². The van der Waals surface area contributed by atoms with Gasteiger partial charge in [-0.15, -0.1) is 0 Å². The summed E-state index contributed by atoms with van der Waals surface area (Å²) >= 11 is 11.9. The van der Waals surface area contributed by atoms with E-state index >= 15 is 0 Å². The number of carbonyl (C=O) groups is 1.